The zero-order valence-corrected chi connectivity index (χ0v) is 12.9. The van der Waals surface area contributed by atoms with Crippen LogP contribution < -0.4 is 5.32 Å². The van der Waals surface area contributed by atoms with Crippen molar-refractivity contribution in [1.29, 1.82) is 0 Å². The van der Waals surface area contributed by atoms with E-state index in [1.165, 1.54) is 4.88 Å². The van der Waals surface area contributed by atoms with Crippen molar-refractivity contribution in [1.82, 2.24) is 15.3 Å². The van der Waals surface area contributed by atoms with Crippen LogP contribution in [0.5, 0.6) is 0 Å². The van der Waals surface area contributed by atoms with Crippen molar-refractivity contribution in [2.75, 3.05) is 0 Å². The normalized spacial score (nSPS) is 14.7. The van der Waals surface area contributed by atoms with E-state index in [-0.39, 0.29) is 12.1 Å². The first-order chi connectivity index (χ1) is 8.60. The zero-order chi connectivity index (χ0) is 13.1. The summed E-state index contributed by atoms with van der Waals surface area (Å²) in [5, 5.41) is 7.96. The minimum absolute atomic E-state index is 0.263. The number of hydrogen-bond acceptors (Lipinski definition) is 5. The largest absolute Gasteiger partial charge is 0.300 e. The number of thiazole rings is 2. The van der Waals surface area contributed by atoms with Crippen molar-refractivity contribution < 1.29 is 0 Å². The summed E-state index contributed by atoms with van der Waals surface area (Å²) in [5.41, 5.74) is 1.12. The molecule has 0 aliphatic rings. The van der Waals surface area contributed by atoms with Crippen LogP contribution in [0.4, 0.5) is 0 Å². The Bertz CT molecular complexity index is 504. The van der Waals surface area contributed by atoms with E-state index >= 15 is 0 Å². The van der Waals surface area contributed by atoms with Gasteiger partial charge in [0, 0.05) is 22.5 Å². The van der Waals surface area contributed by atoms with Gasteiger partial charge in [0.25, 0.3) is 0 Å². The van der Waals surface area contributed by atoms with Gasteiger partial charge in [-0.15, -0.1) is 22.7 Å². The molecule has 3 nitrogen and oxygen atoms in total. The van der Waals surface area contributed by atoms with Crippen molar-refractivity contribution in [3.8, 4) is 0 Å². The predicted octanol–water partition coefficient (Wildman–Crippen LogP) is 3.88. The Morgan fingerprint density at radius 3 is 2.67 bits per heavy atom. The van der Waals surface area contributed by atoms with E-state index in [4.69, 9.17) is 0 Å². The van der Waals surface area contributed by atoms with Gasteiger partial charge in [-0.1, -0.05) is 6.92 Å². The van der Waals surface area contributed by atoms with E-state index in [0.717, 1.165) is 22.1 Å². The van der Waals surface area contributed by atoms with Gasteiger partial charge < -0.3 is 5.32 Å². The molecular weight excluding hydrogens is 262 g/mol. The second-order valence-electron chi connectivity index (χ2n) is 4.42. The minimum Gasteiger partial charge on any atom is -0.300 e. The number of hydrogen-bond donors (Lipinski definition) is 1. The Morgan fingerprint density at radius 2 is 2.11 bits per heavy atom. The second-order valence-corrected chi connectivity index (χ2v) is 6.63. The van der Waals surface area contributed by atoms with Gasteiger partial charge in [0.1, 0.15) is 5.01 Å². The second kappa shape index (κ2) is 5.91. The van der Waals surface area contributed by atoms with Gasteiger partial charge in [-0.25, -0.2) is 9.97 Å². The Labute approximate surface area is 116 Å². The third kappa shape index (κ3) is 3.16. The van der Waals surface area contributed by atoms with E-state index < -0.39 is 0 Å². The van der Waals surface area contributed by atoms with Crippen LogP contribution >= 0.6 is 22.7 Å². The molecule has 18 heavy (non-hydrogen) atoms. The molecule has 0 spiro atoms. The fourth-order valence-electron chi connectivity index (χ4n) is 1.80. The van der Waals surface area contributed by atoms with Gasteiger partial charge in [0.15, 0.2) is 0 Å². The predicted molar refractivity (Wildman–Crippen MR) is 78.3 cm³/mol. The van der Waals surface area contributed by atoms with Crippen molar-refractivity contribution >= 4 is 22.7 Å². The lowest BCUT2D eigenvalue weighted by atomic mass is 10.2. The molecule has 2 aromatic heterocycles. The Balaban J connectivity index is 2.00. The summed E-state index contributed by atoms with van der Waals surface area (Å²) in [6.07, 6.45) is 3.04. The highest BCUT2D eigenvalue weighted by molar-refractivity contribution is 7.11. The SMILES string of the molecule is CCc1cnc(C(C)NC(C)c2csc(C)n2)s1. The van der Waals surface area contributed by atoms with E-state index in [2.05, 4.69) is 41.4 Å². The van der Waals surface area contributed by atoms with Crippen LogP contribution in [-0.2, 0) is 6.42 Å². The third-order valence-corrected chi connectivity index (χ3v) is 4.99. The summed E-state index contributed by atoms with van der Waals surface area (Å²) in [5.74, 6) is 0. The highest BCUT2D eigenvalue weighted by Gasteiger charge is 2.15. The van der Waals surface area contributed by atoms with E-state index in [9.17, 15) is 0 Å². The number of aromatic nitrogens is 2. The maximum atomic E-state index is 4.52. The van der Waals surface area contributed by atoms with Crippen molar-refractivity contribution in [2.24, 2.45) is 0 Å². The summed E-state index contributed by atoms with van der Waals surface area (Å²) < 4.78 is 0. The Morgan fingerprint density at radius 1 is 1.33 bits per heavy atom. The van der Waals surface area contributed by atoms with Crippen LogP contribution in [0.1, 0.15) is 53.4 Å². The number of aryl methyl sites for hydroxylation is 2. The van der Waals surface area contributed by atoms with Crippen molar-refractivity contribution in [2.45, 2.75) is 46.2 Å². The summed E-state index contributed by atoms with van der Waals surface area (Å²) in [4.78, 5) is 10.3. The molecule has 98 valence electrons. The van der Waals surface area contributed by atoms with Gasteiger partial charge in [-0.2, -0.15) is 0 Å². The molecule has 0 amide bonds. The first-order valence-corrected chi connectivity index (χ1v) is 7.92. The van der Waals surface area contributed by atoms with Gasteiger partial charge in [0.2, 0.25) is 0 Å². The molecule has 0 saturated carbocycles. The summed E-state index contributed by atoms with van der Waals surface area (Å²) >= 11 is 3.49. The molecule has 2 unspecified atom stereocenters. The van der Waals surface area contributed by atoms with Crippen LogP contribution in [-0.4, -0.2) is 9.97 Å². The highest BCUT2D eigenvalue weighted by atomic mass is 32.1. The number of nitrogens with zero attached hydrogens (tertiary/aromatic N) is 2. The molecule has 5 heteroatoms. The molecule has 0 aliphatic heterocycles. The summed E-state index contributed by atoms with van der Waals surface area (Å²) in [6, 6.07) is 0.534. The van der Waals surface area contributed by atoms with Crippen LogP contribution in [0.25, 0.3) is 0 Å². The van der Waals surface area contributed by atoms with Crippen LogP contribution in [0.3, 0.4) is 0 Å². The number of nitrogens with one attached hydrogen (secondary N) is 1. The Kier molecular flexibility index (Phi) is 4.48. The van der Waals surface area contributed by atoms with Crippen LogP contribution in [0.15, 0.2) is 11.6 Å². The highest BCUT2D eigenvalue weighted by Crippen LogP contribution is 2.24. The molecule has 2 rings (SSSR count). The molecule has 0 aromatic carbocycles. The van der Waals surface area contributed by atoms with Gasteiger partial charge in [0.05, 0.1) is 16.7 Å². The summed E-state index contributed by atoms with van der Waals surface area (Å²) in [7, 11) is 0. The summed E-state index contributed by atoms with van der Waals surface area (Å²) in [6.45, 7) is 8.52. The molecule has 0 aliphatic carbocycles. The molecule has 0 fully saturated rings. The maximum Gasteiger partial charge on any atom is 0.109 e. The van der Waals surface area contributed by atoms with Gasteiger partial charge >= 0.3 is 0 Å². The standard InChI is InChI=1S/C13H19N3S2/c1-5-11-6-14-13(18-11)9(3)15-8(2)12-7-17-10(4)16-12/h6-9,15H,5H2,1-4H3. The average molecular weight is 281 g/mol. The molecule has 2 atom stereocenters. The fourth-order valence-corrected chi connectivity index (χ4v) is 3.37. The minimum atomic E-state index is 0.263. The van der Waals surface area contributed by atoms with Crippen LogP contribution in [0, 0.1) is 6.92 Å². The van der Waals surface area contributed by atoms with E-state index in [1.54, 1.807) is 22.7 Å². The maximum absolute atomic E-state index is 4.52. The number of rotatable bonds is 5. The fraction of sp³-hybridized carbons (Fsp3) is 0.538. The molecular formula is C13H19N3S2. The molecule has 0 radical (unpaired) electrons. The lowest BCUT2D eigenvalue weighted by Crippen LogP contribution is -2.22. The van der Waals surface area contributed by atoms with Crippen molar-refractivity contribution in [3.05, 3.63) is 32.2 Å². The first kappa shape index (κ1) is 13.6. The van der Waals surface area contributed by atoms with E-state index in [1.807, 2.05) is 13.1 Å². The third-order valence-electron chi connectivity index (χ3n) is 2.87. The van der Waals surface area contributed by atoms with E-state index in [0.29, 0.717) is 0 Å². The Hall–Kier alpha value is -0.780. The van der Waals surface area contributed by atoms with Crippen LogP contribution in [0.2, 0.25) is 0 Å². The molecule has 1 N–H and O–H groups in total. The molecule has 2 heterocycles. The molecule has 0 bridgehead atoms. The first-order valence-electron chi connectivity index (χ1n) is 6.22. The lowest BCUT2D eigenvalue weighted by molar-refractivity contribution is 0.486. The quantitative estimate of drug-likeness (QED) is 0.903. The average Bonchev–Trinajstić information content (AvgIpc) is 2.97. The lowest BCUT2D eigenvalue weighted by Gasteiger charge is -2.16. The molecule has 2 aromatic rings. The van der Waals surface area contributed by atoms with Crippen molar-refractivity contribution in [3.63, 3.8) is 0 Å². The zero-order valence-electron chi connectivity index (χ0n) is 11.2. The molecule has 0 saturated heterocycles. The van der Waals surface area contributed by atoms with Gasteiger partial charge in [-0.05, 0) is 27.2 Å². The smallest absolute Gasteiger partial charge is 0.109 e. The monoisotopic (exact) mass is 281 g/mol. The van der Waals surface area contributed by atoms with Gasteiger partial charge in [-0.3, -0.25) is 0 Å². The topological polar surface area (TPSA) is 37.8 Å².